The molecule has 0 saturated heterocycles. The van der Waals surface area contributed by atoms with E-state index in [4.69, 9.17) is 10.2 Å². The summed E-state index contributed by atoms with van der Waals surface area (Å²) < 4.78 is 7.42. The molecule has 0 unspecified atom stereocenters. The summed E-state index contributed by atoms with van der Waals surface area (Å²) in [4.78, 5) is 10.4. The second-order valence-corrected chi connectivity index (χ2v) is 7.09. The fourth-order valence-corrected chi connectivity index (χ4v) is 3.50. The number of nitrogen functional groups attached to an aromatic ring is 1. The van der Waals surface area contributed by atoms with Gasteiger partial charge in [-0.05, 0) is 25.1 Å². The summed E-state index contributed by atoms with van der Waals surface area (Å²) in [6.45, 7) is 2.22. The minimum absolute atomic E-state index is 0.237. The molecule has 0 aliphatic rings. The first-order valence-electron chi connectivity index (χ1n) is 9.47. The number of rotatable bonds is 4. The topological polar surface area (TPSA) is 137 Å². The molecule has 0 radical (unpaired) electrons. The van der Waals surface area contributed by atoms with Crippen molar-refractivity contribution in [2.24, 2.45) is 7.05 Å². The van der Waals surface area contributed by atoms with E-state index in [-0.39, 0.29) is 5.82 Å². The highest BCUT2D eigenvalue weighted by Crippen LogP contribution is 2.38. The van der Waals surface area contributed by atoms with E-state index < -0.39 is 0 Å². The van der Waals surface area contributed by atoms with Crippen LogP contribution in [0.4, 0.5) is 5.82 Å². The third-order valence-electron chi connectivity index (χ3n) is 4.91. The molecule has 0 saturated carbocycles. The van der Waals surface area contributed by atoms with Gasteiger partial charge < -0.3 is 10.2 Å². The zero-order chi connectivity index (χ0) is 21.5. The van der Waals surface area contributed by atoms with E-state index in [1.807, 2.05) is 32.3 Å². The number of oxazole rings is 1. The number of aryl methyl sites for hydroxylation is 2. The molecule has 2 N–H and O–H groups in total. The lowest BCUT2D eigenvalue weighted by Gasteiger charge is -2.09. The van der Waals surface area contributed by atoms with E-state index in [0.29, 0.717) is 45.9 Å². The first-order valence-corrected chi connectivity index (χ1v) is 9.47. The molecule has 0 atom stereocenters. The summed E-state index contributed by atoms with van der Waals surface area (Å²) in [6.07, 6.45) is 3.23. The van der Waals surface area contributed by atoms with E-state index in [2.05, 4.69) is 31.3 Å². The van der Waals surface area contributed by atoms with Crippen molar-refractivity contribution in [1.29, 1.82) is 5.26 Å². The van der Waals surface area contributed by atoms with Gasteiger partial charge in [0.2, 0.25) is 0 Å². The average molecular weight is 411 g/mol. The predicted molar refractivity (Wildman–Crippen MR) is 112 cm³/mol. The van der Waals surface area contributed by atoms with Crippen molar-refractivity contribution in [2.75, 3.05) is 5.73 Å². The van der Waals surface area contributed by atoms with E-state index in [1.165, 1.54) is 11.2 Å². The van der Waals surface area contributed by atoms with Crippen molar-refractivity contribution in [3.8, 4) is 28.7 Å². The molecule has 10 heteroatoms. The van der Waals surface area contributed by atoms with E-state index >= 15 is 0 Å². The van der Waals surface area contributed by atoms with Crippen LogP contribution in [0.25, 0.3) is 33.6 Å². The molecule has 152 valence electrons. The lowest BCUT2D eigenvalue weighted by atomic mass is 10.00. The highest BCUT2D eigenvalue weighted by Gasteiger charge is 2.24. The number of pyridine rings is 1. The van der Waals surface area contributed by atoms with E-state index in [0.717, 1.165) is 11.3 Å². The van der Waals surface area contributed by atoms with Crippen molar-refractivity contribution in [3.63, 3.8) is 0 Å². The standard InChI is InChI=1S/C21H17N9O/c1-12-20(31-11-24-12)16-17(14-5-3-4-13(8-14)9-22)25-21(23)19-18(16)27-30(28-19)10-15-6-7-29(2)26-15/h3-8,11H,10H2,1-2H3,(H2,23,25). The Bertz CT molecular complexity index is 1470. The lowest BCUT2D eigenvalue weighted by molar-refractivity contribution is 0.570. The second kappa shape index (κ2) is 7.07. The molecular weight excluding hydrogens is 394 g/mol. The normalized spacial score (nSPS) is 11.1. The van der Waals surface area contributed by atoms with E-state index in [1.54, 1.807) is 22.9 Å². The monoisotopic (exact) mass is 411 g/mol. The largest absolute Gasteiger partial charge is 0.443 e. The SMILES string of the molecule is Cc1ncoc1-c1c(-c2cccc(C#N)c2)nc(N)c2nn(Cc3ccn(C)n3)nc12. The third-order valence-corrected chi connectivity index (χ3v) is 4.91. The molecule has 5 rings (SSSR count). The Balaban J connectivity index is 1.77. The number of hydrogen-bond acceptors (Lipinski definition) is 8. The highest BCUT2D eigenvalue weighted by molar-refractivity contribution is 6.02. The van der Waals surface area contributed by atoms with Gasteiger partial charge in [-0.2, -0.15) is 20.3 Å². The Morgan fingerprint density at radius 1 is 1.16 bits per heavy atom. The number of nitrogens with two attached hydrogens (primary N) is 1. The van der Waals surface area contributed by atoms with Crippen molar-refractivity contribution < 1.29 is 4.42 Å². The molecule has 31 heavy (non-hydrogen) atoms. The van der Waals surface area contributed by atoms with Crippen molar-refractivity contribution >= 4 is 16.9 Å². The van der Waals surface area contributed by atoms with Gasteiger partial charge >= 0.3 is 0 Å². The first-order chi connectivity index (χ1) is 15.0. The fraction of sp³-hybridized carbons (Fsp3) is 0.143. The molecule has 4 heterocycles. The molecule has 0 spiro atoms. The lowest BCUT2D eigenvalue weighted by Crippen LogP contribution is -2.05. The van der Waals surface area contributed by atoms with Crippen molar-refractivity contribution in [1.82, 2.24) is 34.7 Å². The summed E-state index contributed by atoms with van der Waals surface area (Å²) >= 11 is 0. The first kappa shape index (κ1) is 18.5. The maximum atomic E-state index is 9.32. The number of nitriles is 1. The number of fused-ring (bicyclic) bond motifs is 1. The van der Waals surface area contributed by atoms with Gasteiger partial charge in [-0.3, -0.25) is 4.68 Å². The number of anilines is 1. The summed E-state index contributed by atoms with van der Waals surface area (Å²) in [5.41, 5.74) is 11.2. The summed E-state index contributed by atoms with van der Waals surface area (Å²) in [6, 6.07) is 11.2. The highest BCUT2D eigenvalue weighted by atomic mass is 16.3. The molecule has 10 nitrogen and oxygen atoms in total. The van der Waals surface area contributed by atoms with Gasteiger partial charge in [0.1, 0.15) is 12.1 Å². The van der Waals surface area contributed by atoms with Crippen LogP contribution in [0.2, 0.25) is 0 Å². The number of nitrogens with zero attached hydrogens (tertiary/aromatic N) is 8. The van der Waals surface area contributed by atoms with Crippen LogP contribution in [-0.4, -0.2) is 34.7 Å². The molecule has 0 bridgehead atoms. The number of aromatic nitrogens is 7. The van der Waals surface area contributed by atoms with Gasteiger partial charge in [-0.1, -0.05) is 12.1 Å². The maximum Gasteiger partial charge on any atom is 0.181 e. The zero-order valence-electron chi connectivity index (χ0n) is 16.8. The Morgan fingerprint density at radius 3 is 2.71 bits per heavy atom. The van der Waals surface area contributed by atoms with Gasteiger partial charge in [0.25, 0.3) is 0 Å². The Kier molecular flexibility index (Phi) is 4.22. The van der Waals surface area contributed by atoms with Crippen LogP contribution < -0.4 is 5.73 Å². The van der Waals surface area contributed by atoms with E-state index in [9.17, 15) is 5.26 Å². The molecule has 0 aliphatic heterocycles. The minimum Gasteiger partial charge on any atom is -0.443 e. The van der Waals surface area contributed by atoms with Crippen molar-refractivity contribution in [2.45, 2.75) is 13.5 Å². The van der Waals surface area contributed by atoms with Crippen LogP contribution in [0.15, 0.2) is 47.3 Å². The maximum absolute atomic E-state index is 9.32. The van der Waals surface area contributed by atoms with Crippen LogP contribution in [-0.2, 0) is 13.6 Å². The molecule has 0 aliphatic carbocycles. The molecule has 4 aromatic heterocycles. The summed E-state index contributed by atoms with van der Waals surface area (Å²) in [5.74, 6) is 0.764. The quantitative estimate of drug-likeness (QED) is 0.476. The van der Waals surface area contributed by atoms with Gasteiger partial charge in [0.05, 0.1) is 34.3 Å². The van der Waals surface area contributed by atoms with Crippen LogP contribution in [0, 0.1) is 18.3 Å². The Morgan fingerprint density at radius 2 is 2.00 bits per heavy atom. The molecular formula is C21H17N9O. The van der Waals surface area contributed by atoms with Gasteiger partial charge in [0, 0.05) is 18.8 Å². The van der Waals surface area contributed by atoms with Gasteiger partial charge in [0.15, 0.2) is 23.5 Å². The summed E-state index contributed by atoms with van der Waals surface area (Å²) in [7, 11) is 1.85. The third kappa shape index (κ3) is 3.18. The van der Waals surface area contributed by atoms with Gasteiger partial charge in [-0.15, -0.1) is 5.10 Å². The van der Waals surface area contributed by atoms with Crippen LogP contribution in [0.3, 0.4) is 0 Å². The van der Waals surface area contributed by atoms with Crippen molar-refractivity contribution in [3.05, 3.63) is 59.9 Å². The number of benzene rings is 1. The molecule has 0 fully saturated rings. The smallest absolute Gasteiger partial charge is 0.181 e. The van der Waals surface area contributed by atoms with Gasteiger partial charge in [-0.25, -0.2) is 9.97 Å². The zero-order valence-corrected chi connectivity index (χ0v) is 16.8. The Hall–Kier alpha value is -4.52. The van der Waals surface area contributed by atoms with Crippen LogP contribution in [0.5, 0.6) is 0 Å². The van der Waals surface area contributed by atoms with Crippen LogP contribution >= 0.6 is 0 Å². The predicted octanol–water partition coefficient (Wildman–Crippen LogP) is 2.69. The minimum atomic E-state index is 0.237. The molecule has 1 aromatic carbocycles. The Labute approximate surface area is 176 Å². The summed E-state index contributed by atoms with van der Waals surface area (Å²) in [5, 5.41) is 22.9. The fourth-order valence-electron chi connectivity index (χ4n) is 3.50. The molecule has 5 aromatic rings. The molecule has 0 amide bonds. The second-order valence-electron chi connectivity index (χ2n) is 7.09. The van der Waals surface area contributed by atoms with Crippen LogP contribution in [0.1, 0.15) is 17.0 Å². The number of hydrogen-bond donors (Lipinski definition) is 1. The average Bonchev–Trinajstić information content (AvgIpc) is 3.49.